The zero-order valence-electron chi connectivity index (χ0n) is 15.6. The van der Waals surface area contributed by atoms with Crippen molar-refractivity contribution in [3.63, 3.8) is 0 Å². The Kier molecular flexibility index (Phi) is 4.06. The molecule has 4 aromatic rings. The fraction of sp³-hybridized carbons (Fsp3) is 0.238. The third-order valence-corrected chi connectivity index (χ3v) is 5.03. The number of alkyl halides is 3. The van der Waals surface area contributed by atoms with Crippen molar-refractivity contribution in [2.24, 2.45) is 7.05 Å². The molecular formula is C21H19F3N3O+. The molecule has 0 amide bonds. The Morgan fingerprint density at radius 3 is 2.18 bits per heavy atom. The molecule has 0 atom stereocenters. The van der Waals surface area contributed by atoms with Gasteiger partial charge in [0.05, 0.1) is 16.6 Å². The van der Waals surface area contributed by atoms with Gasteiger partial charge in [-0.15, -0.1) is 0 Å². The van der Waals surface area contributed by atoms with Crippen LogP contribution < -0.4 is 10.1 Å². The molecule has 28 heavy (non-hydrogen) atoms. The Labute approximate surface area is 158 Å². The predicted octanol–water partition coefficient (Wildman–Crippen LogP) is 4.44. The first-order valence-corrected chi connectivity index (χ1v) is 8.93. The van der Waals surface area contributed by atoms with E-state index in [2.05, 4.69) is 18.9 Å². The number of benzene rings is 2. The summed E-state index contributed by atoms with van der Waals surface area (Å²) >= 11 is 0. The van der Waals surface area contributed by atoms with Crippen LogP contribution in [-0.4, -0.2) is 9.78 Å². The fourth-order valence-electron chi connectivity index (χ4n) is 3.83. The molecule has 1 N–H and O–H groups in total. The van der Waals surface area contributed by atoms with E-state index in [-0.39, 0.29) is 11.5 Å². The SMILES string of the molecule is CC(C)c1c2ccccc2c2[nH]n(-c3ccc(C(F)(F)F)cc3)c(=O)c2[n+]1C. The highest BCUT2D eigenvalue weighted by Gasteiger charge is 2.30. The van der Waals surface area contributed by atoms with Gasteiger partial charge in [-0.2, -0.15) is 17.7 Å². The monoisotopic (exact) mass is 386 g/mol. The number of aromatic amines is 1. The van der Waals surface area contributed by atoms with Crippen LogP contribution in [0.25, 0.3) is 27.5 Å². The van der Waals surface area contributed by atoms with Crippen LogP contribution >= 0.6 is 0 Å². The van der Waals surface area contributed by atoms with E-state index in [4.69, 9.17) is 0 Å². The average Bonchev–Trinajstić information content (AvgIpc) is 2.99. The number of aromatic nitrogens is 3. The minimum absolute atomic E-state index is 0.188. The molecule has 0 aliphatic rings. The van der Waals surface area contributed by atoms with E-state index < -0.39 is 11.7 Å². The summed E-state index contributed by atoms with van der Waals surface area (Å²) in [5, 5.41) is 5.03. The Morgan fingerprint density at radius 2 is 1.61 bits per heavy atom. The molecule has 4 rings (SSSR count). The van der Waals surface area contributed by atoms with Gasteiger partial charge in [0.2, 0.25) is 0 Å². The van der Waals surface area contributed by atoms with Crippen molar-refractivity contribution in [3.05, 3.63) is 70.1 Å². The van der Waals surface area contributed by atoms with Gasteiger partial charge in [-0.05, 0) is 30.3 Å². The number of rotatable bonds is 2. The van der Waals surface area contributed by atoms with E-state index in [9.17, 15) is 18.0 Å². The van der Waals surface area contributed by atoms with Crippen LogP contribution in [0.2, 0.25) is 0 Å². The summed E-state index contributed by atoms with van der Waals surface area (Å²) in [6.45, 7) is 4.13. The van der Waals surface area contributed by atoms with Gasteiger partial charge < -0.3 is 0 Å². The maximum Gasteiger partial charge on any atom is 0.416 e. The van der Waals surface area contributed by atoms with E-state index in [0.717, 1.165) is 28.6 Å². The predicted molar refractivity (Wildman–Crippen MR) is 102 cm³/mol. The minimum atomic E-state index is -4.42. The lowest BCUT2D eigenvalue weighted by Gasteiger charge is -2.08. The van der Waals surface area contributed by atoms with Gasteiger partial charge in [0.25, 0.3) is 5.52 Å². The van der Waals surface area contributed by atoms with Crippen LogP contribution in [0.4, 0.5) is 13.2 Å². The van der Waals surface area contributed by atoms with Crippen LogP contribution in [-0.2, 0) is 13.2 Å². The lowest BCUT2D eigenvalue weighted by Crippen LogP contribution is -2.39. The summed E-state index contributed by atoms with van der Waals surface area (Å²) in [5.74, 6) is 0.188. The number of halogens is 3. The third-order valence-electron chi connectivity index (χ3n) is 5.03. The average molecular weight is 386 g/mol. The molecule has 2 heterocycles. The molecular weight excluding hydrogens is 367 g/mol. The van der Waals surface area contributed by atoms with Crippen LogP contribution in [0.3, 0.4) is 0 Å². The zero-order valence-corrected chi connectivity index (χ0v) is 15.6. The molecule has 0 fully saturated rings. The molecule has 0 aliphatic heterocycles. The van der Waals surface area contributed by atoms with Crippen LogP contribution in [0, 0.1) is 0 Å². The summed E-state index contributed by atoms with van der Waals surface area (Å²) in [5.41, 5.74) is 1.47. The minimum Gasteiger partial charge on any atom is -0.284 e. The normalized spacial score (nSPS) is 12.4. The molecule has 144 valence electrons. The smallest absolute Gasteiger partial charge is 0.284 e. The second-order valence-electron chi connectivity index (χ2n) is 7.17. The highest BCUT2D eigenvalue weighted by molar-refractivity contribution is 6.02. The highest BCUT2D eigenvalue weighted by atomic mass is 19.4. The van der Waals surface area contributed by atoms with E-state index >= 15 is 0 Å². The molecule has 7 heteroatoms. The molecule has 0 aliphatic carbocycles. The van der Waals surface area contributed by atoms with Gasteiger partial charge in [0.1, 0.15) is 12.6 Å². The summed E-state index contributed by atoms with van der Waals surface area (Å²) in [7, 11) is 1.84. The maximum absolute atomic E-state index is 13.1. The van der Waals surface area contributed by atoms with E-state index in [1.807, 2.05) is 35.9 Å². The Morgan fingerprint density at radius 1 is 1.00 bits per heavy atom. The fourth-order valence-corrected chi connectivity index (χ4v) is 3.83. The van der Waals surface area contributed by atoms with Crippen molar-refractivity contribution < 1.29 is 17.7 Å². The van der Waals surface area contributed by atoms with Crippen molar-refractivity contribution in [1.29, 1.82) is 0 Å². The van der Waals surface area contributed by atoms with Crippen LogP contribution in [0.15, 0.2) is 53.3 Å². The van der Waals surface area contributed by atoms with Crippen molar-refractivity contribution in [3.8, 4) is 5.69 Å². The topological polar surface area (TPSA) is 41.7 Å². The molecule has 0 radical (unpaired) electrons. The van der Waals surface area contributed by atoms with Crippen molar-refractivity contribution >= 4 is 21.8 Å². The van der Waals surface area contributed by atoms with Crippen LogP contribution in [0.1, 0.15) is 31.0 Å². The van der Waals surface area contributed by atoms with Gasteiger partial charge in [-0.1, -0.05) is 32.0 Å². The number of nitrogens with one attached hydrogen (secondary N) is 1. The Balaban J connectivity index is 2.03. The van der Waals surface area contributed by atoms with Gasteiger partial charge in [-0.3, -0.25) is 9.89 Å². The molecule has 0 saturated heterocycles. The number of fused-ring (bicyclic) bond motifs is 3. The quantitative estimate of drug-likeness (QED) is 0.509. The summed E-state index contributed by atoms with van der Waals surface area (Å²) < 4.78 is 41.7. The molecule has 2 aromatic heterocycles. The largest absolute Gasteiger partial charge is 0.416 e. The molecule has 0 bridgehead atoms. The molecule has 2 aromatic carbocycles. The van der Waals surface area contributed by atoms with Crippen LogP contribution in [0.5, 0.6) is 0 Å². The van der Waals surface area contributed by atoms with Gasteiger partial charge in [0, 0.05) is 11.3 Å². The van der Waals surface area contributed by atoms with Gasteiger partial charge in [0.15, 0.2) is 5.69 Å². The highest BCUT2D eigenvalue weighted by Crippen LogP contribution is 2.30. The lowest BCUT2D eigenvalue weighted by atomic mass is 10.0. The number of H-pyrrole nitrogens is 1. The first-order chi connectivity index (χ1) is 13.2. The Bertz CT molecular complexity index is 1250. The summed E-state index contributed by atoms with van der Waals surface area (Å²) in [6, 6.07) is 12.4. The van der Waals surface area contributed by atoms with E-state index in [1.54, 1.807) is 0 Å². The molecule has 0 unspecified atom stereocenters. The van der Waals surface area contributed by atoms with E-state index in [1.165, 1.54) is 16.8 Å². The number of aryl methyl sites for hydroxylation is 1. The number of hydrogen-bond donors (Lipinski definition) is 1. The Hall–Kier alpha value is -3.09. The van der Waals surface area contributed by atoms with Gasteiger partial charge in [-0.25, -0.2) is 4.68 Å². The first-order valence-electron chi connectivity index (χ1n) is 8.93. The maximum atomic E-state index is 13.1. The van der Waals surface area contributed by atoms with Crippen molar-refractivity contribution in [2.45, 2.75) is 25.9 Å². The number of hydrogen-bond acceptors (Lipinski definition) is 1. The number of pyridine rings is 1. The van der Waals surface area contributed by atoms with E-state index in [0.29, 0.717) is 16.7 Å². The number of nitrogens with zero attached hydrogens (tertiary/aromatic N) is 2. The zero-order chi connectivity index (χ0) is 20.2. The second-order valence-corrected chi connectivity index (χ2v) is 7.17. The van der Waals surface area contributed by atoms with Crippen molar-refractivity contribution in [1.82, 2.24) is 9.78 Å². The lowest BCUT2D eigenvalue weighted by molar-refractivity contribution is -0.653. The molecule has 0 spiro atoms. The summed E-state index contributed by atoms with van der Waals surface area (Å²) in [6.07, 6.45) is -4.42. The third kappa shape index (κ3) is 2.69. The standard InChI is InChI=1S/C21H18F3N3O/c1-12(2)18-16-7-5-4-6-15(16)17-19(26(18)3)20(28)27(25-17)14-10-8-13(9-11-14)21(22,23)24/h4-12H,1-3H3/p+1. The second kappa shape index (κ2) is 6.22. The molecule has 4 nitrogen and oxygen atoms in total. The van der Waals surface area contributed by atoms with Crippen molar-refractivity contribution in [2.75, 3.05) is 0 Å². The first kappa shape index (κ1) is 18.3. The summed E-state index contributed by atoms with van der Waals surface area (Å²) in [4.78, 5) is 13.1. The van der Waals surface area contributed by atoms with Gasteiger partial charge >= 0.3 is 11.7 Å². The molecule has 0 saturated carbocycles.